The van der Waals surface area contributed by atoms with Crippen molar-refractivity contribution in [1.29, 1.82) is 0 Å². The van der Waals surface area contributed by atoms with Gasteiger partial charge < -0.3 is 19.3 Å². The zero-order valence-corrected chi connectivity index (χ0v) is 11.5. The van der Waals surface area contributed by atoms with Crippen LogP contribution >= 0.6 is 0 Å². The van der Waals surface area contributed by atoms with E-state index in [0.717, 1.165) is 0 Å². The van der Waals surface area contributed by atoms with Crippen LogP contribution in [0.4, 0.5) is 4.39 Å². The highest BCUT2D eigenvalue weighted by atomic mass is 19.1. The van der Waals surface area contributed by atoms with E-state index in [9.17, 15) is 9.50 Å². The Morgan fingerprint density at radius 1 is 1.24 bits per heavy atom. The molecule has 0 aromatic heterocycles. The fourth-order valence-corrected chi connectivity index (χ4v) is 2.27. The topological polar surface area (TPSA) is 47.9 Å². The third-order valence-corrected chi connectivity index (χ3v) is 3.41. The molecule has 1 aliphatic heterocycles. The molecule has 0 saturated heterocycles. The van der Waals surface area contributed by atoms with Crippen molar-refractivity contribution in [2.75, 3.05) is 13.7 Å². The molecule has 0 fully saturated rings. The van der Waals surface area contributed by atoms with Crippen LogP contribution in [-0.2, 0) is 0 Å². The molecular weight excluding hydrogens is 275 g/mol. The lowest BCUT2D eigenvalue weighted by Crippen LogP contribution is -2.35. The number of aliphatic hydroxyl groups excluding tert-OH is 1. The largest absolute Gasteiger partial charge is 0.497 e. The molecule has 1 N–H and O–H groups in total. The monoisotopic (exact) mass is 290 g/mol. The minimum absolute atomic E-state index is 0.156. The Morgan fingerprint density at radius 2 is 2.00 bits per heavy atom. The molecule has 1 heterocycles. The van der Waals surface area contributed by atoms with E-state index in [-0.39, 0.29) is 12.2 Å². The van der Waals surface area contributed by atoms with Crippen LogP contribution in [0.25, 0.3) is 0 Å². The summed E-state index contributed by atoms with van der Waals surface area (Å²) in [5, 5.41) is 10.3. The lowest BCUT2D eigenvalue weighted by atomic mass is 10.0. The first kappa shape index (κ1) is 13.7. The molecule has 2 unspecified atom stereocenters. The van der Waals surface area contributed by atoms with Crippen molar-refractivity contribution in [3.05, 3.63) is 53.8 Å². The highest BCUT2D eigenvalue weighted by molar-refractivity contribution is 5.41. The molecule has 0 spiro atoms. The number of benzene rings is 2. The number of fused-ring (bicyclic) bond motifs is 1. The molecule has 110 valence electrons. The maximum absolute atomic E-state index is 14.0. The number of rotatable bonds is 3. The zero-order chi connectivity index (χ0) is 14.8. The van der Waals surface area contributed by atoms with Crippen LogP contribution in [-0.4, -0.2) is 24.9 Å². The van der Waals surface area contributed by atoms with Gasteiger partial charge in [0.05, 0.1) is 7.11 Å². The Balaban J connectivity index is 1.82. The van der Waals surface area contributed by atoms with E-state index in [2.05, 4.69) is 0 Å². The average Bonchev–Trinajstić information content (AvgIpc) is 2.53. The summed E-state index contributed by atoms with van der Waals surface area (Å²) in [6.45, 7) is 0.156. The summed E-state index contributed by atoms with van der Waals surface area (Å²) in [6, 6.07) is 11.5. The van der Waals surface area contributed by atoms with E-state index in [1.165, 1.54) is 19.2 Å². The van der Waals surface area contributed by atoms with Gasteiger partial charge in [-0.2, -0.15) is 0 Å². The molecule has 2 aromatic carbocycles. The number of aliphatic hydroxyl groups is 1. The fraction of sp³-hybridized carbons (Fsp3) is 0.250. The predicted octanol–water partition coefficient (Wildman–Crippen LogP) is 2.71. The standard InChI is InChI=1S/C16H15FO4/c1-19-10-6-7-11(12(17)8-10)16(18)15-9-20-13-4-2-3-5-14(13)21-15/h2-8,15-16,18H,9H2,1H3. The molecule has 3 rings (SSSR count). The maximum Gasteiger partial charge on any atom is 0.163 e. The quantitative estimate of drug-likeness (QED) is 0.944. The van der Waals surface area contributed by atoms with Crippen molar-refractivity contribution in [2.24, 2.45) is 0 Å². The first-order valence-electron chi connectivity index (χ1n) is 6.59. The van der Waals surface area contributed by atoms with Crippen LogP contribution in [0.2, 0.25) is 0 Å². The average molecular weight is 290 g/mol. The van der Waals surface area contributed by atoms with Crippen molar-refractivity contribution in [2.45, 2.75) is 12.2 Å². The van der Waals surface area contributed by atoms with Crippen LogP contribution in [0.1, 0.15) is 11.7 Å². The van der Waals surface area contributed by atoms with Gasteiger partial charge >= 0.3 is 0 Å². The highest BCUT2D eigenvalue weighted by Crippen LogP contribution is 2.35. The normalized spacial score (nSPS) is 18.1. The number of ether oxygens (including phenoxy) is 3. The van der Waals surface area contributed by atoms with Gasteiger partial charge in [0, 0.05) is 11.6 Å². The first-order valence-corrected chi connectivity index (χ1v) is 6.59. The van der Waals surface area contributed by atoms with Gasteiger partial charge in [-0.15, -0.1) is 0 Å². The van der Waals surface area contributed by atoms with E-state index in [0.29, 0.717) is 17.2 Å². The van der Waals surface area contributed by atoms with Gasteiger partial charge in [0.2, 0.25) is 0 Å². The maximum atomic E-state index is 14.0. The molecule has 4 nitrogen and oxygen atoms in total. The Kier molecular flexibility index (Phi) is 3.66. The van der Waals surface area contributed by atoms with Crippen molar-refractivity contribution >= 4 is 0 Å². The molecule has 2 aromatic rings. The van der Waals surface area contributed by atoms with E-state index in [4.69, 9.17) is 14.2 Å². The van der Waals surface area contributed by atoms with Crippen LogP contribution in [0, 0.1) is 5.82 Å². The summed E-state index contributed by atoms with van der Waals surface area (Å²) in [5.41, 5.74) is 0.156. The Morgan fingerprint density at radius 3 is 2.71 bits per heavy atom. The number of hydrogen-bond acceptors (Lipinski definition) is 4. The van der Waals surface area contributed by atoms with Gasteiger partial charge in [-0.3, -0.25) is 0 Å². The number of methoxy groups -OCH3 is 1. The molecule has 0 radical (unpaired) electrons. The number of hydrogen-bond donors (Lipinski definition) is 1. The van der Waals surface area contributed by atoms with Crippen LogP contribution < -0.4 is 14.2 Å². The molecular formula is C16H15FO4. The van der Waals surface area contributed by atoms with Gasteiger partial charge in [-0.25, -0.2) is 4.39 Å². The van der Waals surface area contributed by atoms with E-state index < -0.39 is 18.0 Å². The zero-order valence-electron chi connectivity index (χ0n) is 11.5. The van der Waals surface area contributed by atoms with Gasteiger partial charge in [0.15, 0.2) is 17.6 Å². The van der Waals surface area contributed by atoms with E-state index in [1.54, 1.807) is 18.2 Å². The molecule has 1 aliphatic rings. The lowest BCUT2D eigenvalue weighted by molar-refractivity contribution is -0.0128. The van der Waals surface area contributed by atoms with Crippen LogP contribution in [0.3, 0.4) is 0 Å². The van der Waals surface area contributed by atoms with E-state index in [1.807, 2.05) is 12.1 Å². The summed E-state index contributed by atoms with van der Waals surface area (Å²) in [7, 11) is 1.46. The highest BCUT2D eigenvalue weighted by Gasteiger charge is 2.30. The van der Waals surface area contributed by atoms with Crippen molar-refractivity contribution in [1.82, 2.24) is 0 Å². The molecule has 0 bridgehead atoms. The third kappa shape index (κ3) is 2.64. The van der Waals surface area contributed by atoms with Crippen LogP contribution in [0.5, 0.6) is 17.2 Å². The Labute approximate surface area is 121 Å². The summed E-state index contributed by atoms with van der Waals surface area (Å²) in [5.74, 6) is 1.02. The second-order valence-corrected chi connectivity index (χ2v) is 4.75. The number of para-hydroxylation sites is 2. The van der Waals surface area contributed by atoms with Gasteiger partial charge in [-0.05, 0) is 24.3 Å². The molecule has 0 aliphatic carbocycles. The second kappa shape index (κ2) is 5.61. The SMILES string of the molecule is COc1ccc(C(O)C2COc3ccccc3O2)c(F)c1. The number of halogens is 1. The summed E-state index contributed by atoms with van der Waals surface area (Å²) in [4.78, 5) is 0. The third-order valence-electron chi connectivity index (χ3n) is 3.41. The van der Waals surface area contributed by atoms with Crippen LogP contribution in [0.15, 0.2) is 42.5 Å². The Hall–Kier alpha value is -2.27. The Bertz CT molecular complexity index is 644. The molecule has 2 atom stereocenters. The molecule has 0 amide bonds. The minimum atomic E-state index is -1.12. The predicted molar refractivity (Wildman–Crippen MR) is 74.3 cm³/mol. The minimum Gasteiger partial charge on any atom is -0.497 e. The van der Waals surface area contributed by atoms with Crippen molar-refractivity contribution in [3.63, 3.8) is 0 Å². The summed E-state index contributed by atoms with van der Waals surface area (Å²) < 4.78 is 30.2. The fourth-order valence-electron chi connectivity index (χ4n) is 2.27. The molecule has 0 saturated carbocycles. The van der Waals surface area contributed by atoms with Crippen molar-refractivity contribution < 1.29 is 23.7 Å². The van der Waals surface area contributed by atoms with E-state index >= 15 is 0 Å². The van der Waals surface area contributed by atoms with Gasteiger partial charge in [0.1, 0.15) is 24.3 Å². The summed E-state index contributed by atoms with van der Waals surface area (Å²) >= 11 is 0. The lowest BCUT2D eigenvalue weighted by Gasteiger charge is -2.30. The molecule has 5 heteroatoms. The van der Waals surface area contributed by atoms with Gasteiger partial charge in [-0.1, -0.05) is 12.1 Å². The van der Waals surface area contributed by atoms with Crippen molar-refractivity contribution in [3.8, 4) is 17.2 Å². The van der Waals surface area contributed by atoms with Gasteiger partial charge in [0.25, 0.3) is 0 Å². The second-order valence-electron chi connectivity index (χ2n) is 4.75. The first-order chi connectivity index (χ1) is 10.2. The molecule has 21 heavy (non-hydrogen) atoms. The summed E-state index contributed by atoms with van der Waals surface area (Å²) in [6.07, 6.45) is -1.79. The smallest absolute Gasteiger partial charge is 0.163 e.